The van der Waals surface area contributed by atoms with Crippen molar-refractivity contribution in [3.63, 3.8) is 0 Å². The molecule has 2 aromatic rings. The summed E-state index contributed by atoms with van der Waals surface area (Å²) in [5, 5.41) is 0. The minimum Gasteiger partial charge on any atom is -0.397 e. The Balaban J connectivity index is 2.19. The van der Waals surface area contributed by atoms with Crippen LogP contribution in [-0.4, -0.2) is 7.05 Å². The summed E-state index contributed by atoms with van der Waals surface area (Å²) in [6, 6.07) is 8.46. The van der Waals surface area contributed by atoms with Crippen LogP contribution in [0.5, 0.6) is 0 Å². The highest BCUT2D eigenvalue weighted by atomic mass is 79.9. The average molecular weight is 315 g/mol. The summed E-state index contributed by atoms with van der Waals surface area (Å²) in [7, 11) is 1.90. The number of rotatable bonds is 3. The van der Waals surface area contributed by atoms with E-state index in [9.17, 15) is 4.39 Å². The van der Waals surface area contributed by atoms with Crippen LogP contribution in [0.2, 0.25) is 0 Å². The minimum absolute atomic E-state index is 0.270. The van der Waals surface area contributed by atoms with Gasteiger partial charge in [-0.05, 0) is 46.3 Å². The van der Waals surface area contributed by atoms with Crippen molar-refractivity contribution in [1.82, 2.24) is 0 Å². The van der Waals surface area contributed by atoms with Gasteiger partial charge in [-0.3, -0.25) is 0 Å². The molecule has 0 fully saturated rings. The highest BCUT2D eigenvalue weighted by Crippen LogP contribution is 2.27. The number of benzene rings is 1. The first-order valence-corrected chi connectivity index (χ1v) is 6.67. The van der Waals surface area contributed by atoms with Gasteiger partial charge in [0.25, 0.3) is 0 Å². The van der Waals surface area contributed by atoms with Gasteiger partial charge in [0.2, 0.25) is 0 Å². The molecule has 0 atom stereocenters. The lowest BCUT2D eigenvalue weighted by Gasteiger charge is -2.20. The quantitative estimate of drug-likeness (QED) is 0.871. The van der Waals surface area contributed by atoms with Crippen LogP contribution in [-0.2, 0) is 6.54 Å². The zero-order valence-electron chi connectivity index (χ0n) is 9.28. The Labute approximate surface area is 112 Å². The third kappa shape index (κ3) is 2.98. The van der Waals surface area contributed by atoms with Crippen LogP contribution in [0.3, 0.4) is 0 Å². The molecule has 0 aliphatic rings. The second kappa shape index (κ2) is 5.06. The number of thiophene rings is 1. The molecule has 1 aromatic carbocycles. The van der Waals surface area contributed by atoms with Crippen molar-refractivity contribution in [2.45, 2.75) is 6.54 Å². The molecule has 2 nitrogen and oxygen atoms in total. The lowest BCUT2D eigenvalue weighted by molar-refractivity contribution is 0.627. The zero-order valence-corrected chi connectivity index (χ0v) is 11.7. The summed E-state index contributed by atoms with van der Waals surface area (Å²) in [5.41, 5.74) is 7.14. The van der Waals surface area contributed by atoms with E-state index in [1.165, 1.54) is 17.0 Å². The summed E-state index contributed by atoms with van der Waals surface area (Å²) in [5.74, 6) is -0.270. The fourth-order valence-electron chi connectivity index (χ4n) is 1.60. The van der Waals surface area contributed by atoms with Gasteiger partial charge in [0.15, 0.2) is 0 Å². The van der Waals surface area contributed by atoms with E-state index in [1.54, 1.807) is 17.4 Å². The van der Waals surface area contributed by atoms with Gasteiger partial charge in [0.05, 0.1) is 21.7 Å². The van der Waals surface area contributed by atoms with E-state index in [2.05, 4.69) is 15.9 Å². The molecule has 0 bridgehead atoms. The standard InChI is InChI=1S/C12H12BrFN2S/c1-16(7-9-3-5-12(13)17-9)11-6-8(14)2-4-10(11)15/h2-6H,7,15H2,1H3. The van der Waals surface area contributed by atoms with Gasteiger partial charge in [-0.1, -0.05) is 0 Å². The largest absolute Gasteiger partial charge is 0.397 e. The summed E-state index contributed by atoms with van der Waals surface area (Å²) >= 11 is 5.08. The lowest BCUT2D eigenvalue weighted by atomic mass is 10.2. The van der Waals surface area contributed by atoms with Crippen LogP contribution in [0.15, 0.2) is 34.1 Å². The van der Waals surface area contributed by atoms with Crippen LogP contribution in [0.4, 0.5) is 15.8 Å². The Bertz CT molecular complexity index is 527. The molecule has 0 aliphatic heterocycles. The fraction of sp³-hybridized carbons (Fsp3) is 0.167. The minimum atomic E-state index is -0.270. The first-order chi connectivity index (χ1) is 8.06. The molecular formula is C12H12BrFN2S. The molecule has 0 saturated carbocycles. The molecule has 17 heavy (non-hydrogen) atoms. The molecule has 0 spiro atoms. The SMILES string of the molecule is CN(Cc1ccc(Br)s1)c1cc(F)ccc1N. The van der Waals surface area contributed by atoms with E-state index < -0.39 is 0 Å². The Morgan fingerprint density at radius 3 is 2.76 bits per heavy atom. The van der Waals surface area contributed by atoms with E-state index in [4.69, 9.17) is 5.73 Å². The van der Waals surface area contributed by atoms with Crippen molar-refractivity contribution in [2.75, 3.05) is 17.7 Å². The smallest absolute Gasteiger partial charge is 0.125 e. The molecule has 0 aliphatic carbocycles. The highest BCUT2D eigenvalue weighted by Gasteiger charge is 2.08. The predicted molar refractivity (Wildman–Crippen MR) is 74.9 cm³/mol. The molecule has 0 unspecified atom stereocenters. The maximum Gasteiger partial charge on any atom is 0.125 e. The van der Waals surface area contributed by atoms with Crippen LogP contribution in [0.1, 0.15) is 4.88 Å². The van der Waals surface area contributed by atoms with Crippen LogP contribution in [0, 0.1) is 5.82 Å². The van der Waals surface area contributed by atoms with Gasteiger partial charge >= 0.3 is 0 Å². The molecule has 0 radical (unpaired) electrons. The summed E-state index contributed by atoms with van der Waals surface area (Å²) in [6.07, 6.45) is 0. The Kier molecular flexibility index (Phi) is 3.69. The Morgan fingerprint density at radius 2 is 2.12 bits per heavy atom. The number of nitrogen functional groups attached to an aromatic ring is 1. The average Bonchev–Trinajstić information content (AvgIpc) is 2.67. The Hall–Kier alpha value is -1.07. The van der Waals surface area contributed by atoms with Gasteiger partial charge in [-0.25, -0.2) is 4.39 Å². The van der Waals surface area contributed by atoms with Crippen molar-refractivity contribution >= 4 is 38.6 Å². The summed E-state index contributed by atoms with van der Waals surface area (Å²) in [6.45, 7) is 0.712. The van der Waals surface area contributed by atoms with Crippen LogP contribution in [0.25, 0.3) is 0 Å². The van der Waals surface area contributed by atoms with Crippen molar-refractivity contribution in [1.29, 1.82) is 0 Å². The molecule has 90 valence electrons. The van der Waals surface area contributed by atoms with Crippen LogP contribution < -0.4 is 10.6 Å². The number of anilines is 2. The number of hydrogen-bond donors (Lipinski definition) is 1. The van der Waals surface area contributed by atoms with E-state index in [0.29, 0.717) is 12.2 Å². The zero-order chi connectivity index (χ0) is 12.4. The normalized spacial score (nSPS) is 10.5. The molecule has 1 aromatic heterocycles. The third-order valence-corrected chi connectivity index (χ3v) is 4.03. The molecule has 5 heteroatoms. The molecular weight excluding hydrogens is 303 g/mol. The molecule has 0 amide bonds. The molecule has 2 N–H and O–H groups in total. The number of halogens is 2. The Morgan fingerprint density at radius 1 is 1.35 bits per heavy atom. The number of nitrogens with zero attached hydrogens (tertiary/aromatic N) is 1. The fourth-order valence-corrected chi connectivity index (χ4v) is 3.14. The number of nitrogens with two attached hydrogens (primary N) is 1. The van der Waals surface area contributed by atoms with Gasteiger partial charge in [0.1, 0.15) is 5.82 Å². The summed E-state index contributed by atoms with van der Waals surface area (Å²) in [4.78, 5) is 3.14. The van der Waals surface area contributed by atoms with Crippen molar-refractivity contribution in [3.05, 3.63) is 44.8 Å². The molecule has 0 saturated heterocycles. The molecule has 1 heterocycles. The highest BCUT2D eigenvalue weighted by molar-refractivity contribution is 9.11. The predicted octanol–water partition coefficient (Wildman–Crippen LogP) is 3.87. The monoisotopic (exact) mass is 314 g/mol. The van der Waals surface area contributed by atoms with Crippen molar-refractivity contribution in [3.8, 4) is 0 Å². The maximum atomic E-state index is 13.2. The molecule has 2 rings (SSSR count). The van der Waals surface area contributed by atoms with Gasteiger partial charge in [-0.2, -0.15) is 0 Å². The van der Waals surface area contributed by atoms with E-state index >= 15 is 0 Å². The van der Waals surface area contributed by atoms with Crippen molar-refractivity contribution in [2.24, 2.45) is 0 Å². The first-order valence-electron chi connectivity index (χ1n) is 5.06. The maximum absolute atomic E-state index is 13.2. The third-order valence-electron chi connectivity index (χ3n) is 2.43. The lowest BCUT2D eigenvalue weighted by Crippen LogP contribution is -2.17. The second-order valence-electron chi connectivity index (χ2n) is 3.77. The van der Waals surface area contributed by atoms with Gasteiger partial charge in [0, 0.05) is 11.9 Å². The second-order valence-corrected chi connectivity index (χ2v) is 6.31. The van der Waals surface area contributed by atoms with E-state index in [1.807, 2.05) is 24.1 Å². The summed E-state index contributed by atoms with van der Waals surface area (Å²) < 4.78 is 14.3. The van der Waals surface area contributed by atoms with Crippen LogP contribution >= 0.6 is 27.3 Å². The van der Waals surface area contributed by atoms with Gasteiger partial charge in [-0.15, -0.1) is 11.3 Å². The van der Waals surface area contributed by atoms with E-state index in [-0.39, 0.29) is 5.82 Å². The van der Waals surface area contributed by atoms with Crippen molar-refractivity contribution < 1.29 is 4.39 Å². The van der Waals surface area contributed by atoms with E-state index in [0.717, 1.165) is 9.47 Å². The number of hydrogen-bond acceptors (Lipinski definition) is 3. The first kappa shape index (κ1) is 12.4. The van der Waals surface area contributed by atoms with Gasteiger partial charge < -0.3 is 10.6 Å². The topological polar surface area (TPSA) is 29.3 Å².